The van der Waals surface area contributed by atoms with Gasteiger partial charge in [0.15, 0.2) is 0 Å². The molecular weight excluding hydrogens is 298 g/mol. The number of hydrogen-bond donors (Lipinski definition) is 2. The van der Waals surface area contributed by atoms with Crippen LogP contribution in [0, 0.1) is 16.0 Å². The Morgan fingerprint density at radius 3 is 2.35 bits per heavy atom. The van der Waals surface area contributed by atoms with Crippen LogP contribution in [0.15, 0.2) is 24.3 Å². The monoisotopic (exact) mass is 321 g/mol. The number of nitro benzene ring substituents is 1. The lowest BCUT2D eigenvalue weighted by molar-refractivity contribution is -0.384. The first-order valence-electron chi connectivity index (χ1n) is 8.10. The van der Waals surface area contributed by atoms with Gasteiger partial charge in [-0.15, -0.1) is 0 Å². The summed E-state index contributed by atoms with van der Waals surface area (Å²) in [7, 11) is 0. The standard InChI is InChI=1S/C10H18O.C7H5NO4/c11-10-6-2-1-4-9(8-10)5-3-7-10;9-7(10)5-1-3-6(4-2-5)8(11)12/h9,11H,1-8H2;1-4H,(H,9,10). The van der Waals surface area contributed by atoms with Crippen molar-refractivity contribution in [3.8, 4) is 0 Å². The Kier molecular flexibility index (Phi) is 5.71. The molecule has 2 atom stereocenters. The molecule has 126 valence electrons. The van der Waals surface area contributed by atoms with Crippen molar-refractivity contribution in [1.29, 1.82) is 0 Å². The molecule has 1 aromatic carbocycles. The Labute approximate surface area is 135 Å². The maximum Gasteiger partial charge on any atom is 0.335 e. The van der Waals surface area contributed by atoms with Gasteiger partial charge in [0, 0.05) is 12.1 Å². The third-order valence-corrected chi connectivity index (χ3v) is 4.75. The van der Waals surface area contributed by atoms with Crippen molar-refractivity contribution in [2.45, 2.75) is 57.0 Å². The van der Waals surface area contributed by atoms with Crippen LogP contribution in [0.25, 0.3) is 0 Å². The SMILES string of the molecule is O=C(O)c1ccc([N+](=O)[O-])cc1.OC12CCCCC(CCC1)C2. The number of non-ortho nitro benzene ring substituents is 1. The molecule has 2 bridgehead atoms. The van der Waals surface area contributed by atoms with E-state index in [9.17, 15) is 20.0 Å². The molecule has 23 heavy (non-hydrogen) atoms. The Balaban J connectivity index is 0.000000167. The average Bonchev–Trinajstić information content (AvgIpc) is 2.65. The van der Waals surface area contributed by atoms with Gasteiger partial charge in [0.2, 0.25) is 0 Å². The van der Waals surface area contributed by atoms with Crippen LogP contribution >= 0.6 is 0 Å². The molecule has 3 rings (SSSR count). The number of aromatic carboxylic acids is 1. The number of fused-ring (bicyclic) bond motifs is 2. The number of hydrogen-bond acceptors (Lipinski definition) is 4. The molecule has 0 heterocycles. The molecule has 2 fully saturated rings. The molecule has 0 amide bonds. The molecule has 2 saturated carbocycles. The molecular formula is C17H23NO5. The van der Waals surface area contributed by atoms with Crippen molar-refractivity contribution < 1.29 is 19.9 Å². The van der Waals surface area contributed by atoms with E-state index >= 15 is 0 Å². The zero-order valence-corrected chi connectivity index (χ0v) is 13.1. The Bertz CT molecular complexity index is 524. The largest absolute Gasteiger partial charge is 0.478 e. The Morgan fingerprint density at radius 2 is 1.74 bits per heavy atom. The number of nitrogens with zero attached hydrogens (tertiary/aromatic N) is 1. The van der Waals surface area contributed by atoms with Crippen LogP contribution in [0.5, 0.6) is 0 Å². The third kappa shape index (κ3) is 5.03. The van der Waals surface area contributed by atoms with Crippen LogP contribution < -0.4 is 0 Å². The fraction of sp³-hybridized carbons (Fsp3) is 0.588. The van der Waals surface area contributed by atoms with Crippen molar-refractivity contribution in [2.24, 2.45) is 5.92 Å². The van der Waals surface area contributed by atoms with Gasteiger partial charge in [-0.1, -0.05) is 32.1 Å². The van der Waals surface area contributed by atoms with Gasteiger partial charge in [-0.2, -0.15) is 0 Å². The van der Waals surface area contributed by atoms with Crippen molar-refractivity contribution in [3.05, 3.63) is 39.9 Å². The molecule has 0 radical (unpaired) electrons. The molecule has 0 spiro atoms. The zero-order chi connectivity index (χ0) is 16.9. The second-order valence-electron chi connectivity index (χ2n) is 6.54. The maximum atomic E-state index is 10.3. The molecule has 2 aliphatic carbocycles. The molecule has 2 unspecified atom stereocenters. The lowest BCUT2D eigenvalue weighted by atomic mass is 9.77. The van der Waals surface area contributed by atoms with Crippen LogP contribution in [0.1, 0.15) is 61.7 Å². The van der Waals surface area contributed by atoms with E-state index in [4.69, 9.17) is 5.11 Å². The van der Waals surface area contributed by atoms with Crippen molar-refractivity contribution >= 4 is 11.7 Å². The Morgan fingerprint density at radius 1 is 1.13 bits per heavy atom. The quantitative estimate of drug-likeness (QED) is 0.637. The number of carboxylic acids is 1. The predicted octanol–water partition coefficient (Wildman–Crippen LogP) is 3.77. The van der Waals surface area contributed by atoms with E-state index in [0.29, 0.717) is 0 Å². The molecule has 2 aliphatic rings. The van der Waals surface area contributed by atoms with E-state index in [1.165, 1.54) is 44.2 Å². The van der Waals surface area contributed by atoms with E-state index in [-0.39, 0.29) is 16.9 Å². The summed E-state index contributed by atoms with van der Waals surface area (Å²) in [5.74, 6) is -0.235. The van der Waals surface area contributed by atoms with Gasteiger partial charge < -0.3 is 10.2 Å². The highest BCUT2D eigenvalue weighted by atomic mass is 16.6. The summed E-state index contributed by atoms with van der Waals surface area (Å²) >= 11 is 0. The Hall–Kier alpha value is -1.95. The minimum atomic E-state index is -1.09. The van der Waals surface area contributed by atoms with E-state index in [1.807, 2.05) is 0 Å². The number of aliphatic hydroxyl groups is 1. The van der Waals surface area contributed by atoms with Crippen LogP contribution in [0.3, 0.4) is 0 Å². The van der Waals surface area contributed by atoms with Crippen LogP contribution in [0.4, 0.5) is 5.69 Å². The van der Waals surface area contributed by atoms with E-state index < -0.39 is 10.9 Å². The number of carbonyl (C=O) groups is 1. The molecule has 0 saturated heterocycles. The van der Waals surface area contributed by atoms with E-state index in [2.05, 4.69) is 0 Å². The van der Waals surface area contributed by atoms with Gasteiger partial charge in [-0.05, 0) is 37.3 Å². The summed E-state index contributed by atoms with van der Waals surface area (Å²) in [6, 6.07) is 4.70. The number of rotatable bonds is 2. The highest BCUT2D eigenvalue weighted by molar-refractivity contribution is 5.87. The average molecular weight is 321 g/mol. The maximum absolute atomic E-state index is 10.3. The van der Waals surface area contributed by atoms with Gasteiger partial charge in [0.1, 0.15) is 0 Å². The minimum Gasteiger partial charge on any atom is -0.478 e. The number of benzene rings is 1. The van der Waals surface area contributed by atoms with Crippen LogP contribution in [-0.2, 0) is 0 Å². The predicted molar refractivity (Wildman–Crippen MR) is 85.4 cm³/mol. The molecule has 2 N–H and O–H groups in total. The van der Waals surface area contributed by atoms with Gasteiger partial charge in [-0.25, -0.2) is 4.79 Å². The minimum absolute atomic E-state index is 0.0422. The fourth-order valence-corrected chi connectivity index (χ4v) is 3.55. The van der Waals surface area contributed by atoms with Gasteiger partial charge in [0.25, 0.3) is 5.69 Å². The first-order valence-corrected chi connectivity index (χ1v) is 8.10. The number of nitro groups is 1. The second kappa shape index (κ2) is 7.55. The van der Waals surface area contributed by atoms with Gasteiger partial charge in [0.05, 0.1) is 16.1 Å². The third-order valence-electron chi connectivity index (χ3n) is 4.75. The second-order valence-corrected chi connectivity index (χ2v) is 6.54. The highest BCUT2D eigenvalue weighted by Crippen LogP contribution is 2.40. The first kappa shape index (κ1) is 17.4. The van der Waals surface area contributed by atoms with Crippen molar-refractivity contribution in [2.75, 3.05) is 0 Å². The summed E-state index contributed by atoms with van der Waals surface area (Å²) in [5, 5.41) is 28.7. The topological polar surface area (TPSA) is 101 Å². The zero-order valence-electron chi connectivity index (χ0n) is 13.1. The molecule has 6 heteroatoms. The summed E-state index contributed by atoms with van der Waals surface area (Å²) in [5.41, 5.74) is -0.306. The molecule has 0 aromatic heterocycles. The molecule has 0 aliphatic heterocycles. The van der Waals surface area contributed by atoms with E-state index in [0.717, 1.165) is 37.3 Å². The lowest BCUT2D eigenvalue weighted by Gasteiger charge is -2.34. The summed E-state index contributed by atoms with van der Waals surface area (Å²) in [6.45, 7) is 0. The van der Waals surface area contributed by atoms with E-state index in [1.54, 1.807) is 0 Å². The van der Waals surface area contributed by atoms with Gasteiger partial charge >= 0.3 is 5.97 Å². The van der Waals surface area contributed by atoms with Crippen LogP contribution in [-0.4, -0.2) is 26.7 Å². The normalized spacial score (nSPS) is 26.4. The number of carboxylic acid groups (broad SMARTS) is 1. The summed E-state index contributed by atoms with van der Waals surface area (Å²) in [6.07, 6.45) is 9.88. The highest BCUT2D eigenvalue weighted by Gasteiger charge is 2.35. The van der Waals surface area contributed by atoms with Crippen molar-refractivity contribution in [3.63, 3.8) is 0 Å². The lowest BCUT2D eigenvalue weighted by Crippen LogP contribution is -2.33. The van der Waals surface area contributed by atoms with Gasteiger partial charge in [-0.3, -0.25) is 10.1 Å². The smallest absolute Gasteiger partial charge is 0.335 e. The fourth-order valence-electron chi connectivity index (χ4n) is 3.55. The molecule has 1 aromatic rings. The van der Waals surface area contributed by atoms with Crippen LogP contribution in [0.2, 0.25) is 0 Å². The van der Waals surface area contributed by atoms with Crippen molar-refractivity contribution in [1.82, 2.24) is 0 Å². The summed E-state index contributed by atoms with van der Waals surface area (Å²) in [4.78, 5) is 19.9. The molecule has 6 nitrogen and oxygen atoms in total. The first-order chi connectivity index (χ1) is 10.9. The summed E-state index contributed by atoms with van der Waals surface area (Å²) < 4.78 is 0.